The molecular weight excluding hydrogens is 336 g/mol. The van der Waals surface area contributed by atoms with Crippen molar-refractivity contribution >= 4 is 24.0 Å². The van der Waals surface area contributed by atoms with Crippen LogP contribution in [0.2, 0.25) is 0 Å². The van der Waals surface area contributed by atoms with Gasteiger partial charge < -0.3 is 5.32 Å². The van der Waals surface area contributed by atoms with Crippen LogP contribution in [0.25, 0.3) is 0 Å². The van der Waals surface area contributed by atoms with Crippen molar-refractivity contribution in [3.8, 4) is 0 Å². The first-order valence-corrected chi connectivity index (χ1v) is 6.41. The molecule has 22 heavy (non-hydrogen) atoms. The standard InChI is InChI=1S/C12H9F6NO2S/c1-7-2-4-8(5-3-7)22-10(6-20,12(16,17)18)19-9(21)11(13,14)15/h2-6H,1H3,(H,19,21)/t10-/m1/s1. The quantitative estimate of drug-likeness (QED) is 0.394. The van der Waals surface area contributed by atoms with Crippen molar-refractivity contribution < 1.29 is 35.9 Å². The summed E-state index contributed by atoms with van der Waals surface area (Å²) >= 11 is -0.229. The topological polar surface area (TPSA) is 46.2 Å². The molecule has 0 fully saturated rings. The van der Waals surface area contributed by atoms with Gasteiger partial charge >= 0.3 is 18.3 Å². The first kappa shape index (κ1) is 18.3. The number of hydrogen-bond donors (Lipinski definition) is 1. The van der Waals surface area contributed by atoms with Gasteiger partial charge in [0.15, 0.2) is 6.29 Å². The highest BCUT2D eigenvalue weighted by Crippen LogP contribution is 2.42. The molecule has 1 N–H and O–H groups in total. The number of aryl methyl sites for hydroxylation is 1. The van der Waals surface area contributed by atoms with Crippen LogP contribution < -0.4 is 5.32 Å². The third kappa shape index (κ3) is 4.15. The van der Waals surface area contributed by atoms with Crippen LogP contribution in [0.5, 0.6) is 0 Å². The highest BCUT2D eigenvalue weighted by atomic mass is 32.2. The molecule has 122 valence electrons. The molecule has 0 aliphatic carbocycles. The number of thioether (sulfide) groups is 1. The summed E-state index contributed by atoms with van der Waals surface area (Å²) in [5.74, 6) is -2.85. The number of hydrogen-bond acceptors (Lipinski definition) is 3. The van der Waals surface area contributed by atoms with Crippen LogP contribution in [0.3, 0.4) is 0 Å². The van der Waals surface area contributed by atoms with Gasteiger partial charge in [0.25, 0.3) is 0 Å². The second-order valence-electron chi connectivity index (χ2n) is 4.22. The first-order chi connectivity index (χ1) is 9.91. The number of nitrogens with one attached hydrogen (secondary N) is 1. The lowest BCUT2D eigenvalue weighted by molar-refractivity contribution is -0.190. The number of amides is 1. The van der Waals surface area contributed by atoms with Crippen LogP contribution in [0.1, 0.15) is 5.56 Å². The first-order valence-electron chi connectivity index (χ1n) is 5.59. The lowest BCUT2D eigenvalue weighted by Crippen LogP contribution is -2.60. The minimum absolute atomic E-state index is 0.127. The molecule has 0 heterocycles. The molecule has 1 amide bonds. The molecule has 0 spiro atoms. The van der Waals surface area contributed by atoms with E-state index in [1.165, 1.54) is 24.3 Å². The normalized spacial score (nSPS) is 15.0. The number of carbonyl (C=O) groups excluding carboxylic acids is 2. The van der Waals surface area contributed by atoms with Gasteiger partial charge in [-0.1, -0.05) is 29.5 Å². The zero-order valence-corrected chi connectivity index (χ0v) is 11.7. The molecule has 0 bridgehead atoms. The molecule has 0 aliphatic heterocycles. The van der Waals surface area contributed by atoms with Crippen molar-refractivity contribution in [3.05, 3.63) is 29.8 Å². The Hall–Kier alpha value is -1.71. The maximum absolute atomic E-state index is 13.1. The lowest BCUT2D eigenvalue weighted by atomic mass is 10.2. The van der Waals surface area contributed by atoms with Crippen LogP contribution in [0, 0.1) is 6.92 Å². The highest BCUT2D eigenvalue weighted by molar-refractivity contribution is 8.01. The number of benzene rings is 1. The Kier molecular flexibility index (Phi) is 5.16. The minimum atomic E-state index is -5.55. The smallest absolute Gasteiger partial charge is 0.320 e. The summed E-state index contributed by atoms with van der Waals surface area (Å²) in [5.41, 5.74) is 0.701. The lowest BCUT2D eigenvalue weighted by Gasteiger charge is -2.30. The third-order valence-corrected chi connectivity index (χ3v) is 3.70. The summed E-state index contributed by atoms with van der Waals surface area (Å²) in [5, 5.41) is 0.729. The molecule has 0 unspecified atom stereocenters. The van der Waals surface area contributed by atoms with Gasteiger partial charge in [-0.05, 0) is 19.1 Å². The van der Waals surface area contributed by atoms with Gasteiger partial charge in [-0.2, -0.15) is 26.3 Å². The average molecular weight is 345 g/mol. The maximum Gasteiger partial charge on any atom is 0.471 e. The van der Waals surface area contributed by atoms with Gasteiger partial charge in [-0.15, -0.1) is 0 Å². The van der Waals surface area contributed by atoms with Crippen molar-refractivity contribution in [1.29, 1.82) is 0 Å². The predicted octanol–water partition coefficient (Wildman–Crippen LogP) is 3.22. The van der Waals surface area contributed by atoms with Crippen molar-refractivity contribution in [3.63, 3.8) is 0 Å². The van der Waals surface area contributed by atoms with Crippen LogP contribution in [0.4, 0.5) is 26.3 Å². The van der Waals surface area contributed by atoms with E-state index in [0.717, 1.165) is 5.32 Å². The summed E-state index contributed by atoms with van der Waals surface area (Å²) in [6, 6.07) is 5.23. The van der Waals surface area contributed by atoms with Gasteiger partial charge in [0.05, 0.1) is 0 Å². The maximum atomic E-state index is 13.1. The van der Waals surface area contributed by atoms with E-state index < -0.39 is 29.4 Å². The monoisotopic (exact) mass is 345 g/mol. The van der Waals surface area contributed by atoms with Gasteiger partial charge in [-0.25, -0.2) is 0 Å². The van der Waals surface area contributed by atoms with Crippen molar-refractivity contribution in [2.24, 2.45) is 0 Å². The fourth-order valence-corrected chi connectivity index (χ4v) is 2.26. The van der Waals surface area contributed by atoms with Gasteiger partial charge in [0.2, 0.25) is 4.87 Å². The molecular formula is C12H9F6NO2S. The Morgan fingerprint density at radius 1 is 1.09 bits per heavy atom. The Bertz CT molecular complexity index is 554. The van der Waals surface area contributed by atoms with E-state index in [4.69, 9.17) is 0 Å². The fraction of sp³-hybridized carbons (Fsp3) is 0.333. The molecule has 0 saturated heterocycles. The van der Waals surface area contributed by atoms with E-state index in [-0.39, 0.29) is 16.7 Å². The summed E-state index contributed by atoms with van der Waals surface area (Å²) < 4.78 is 75.7. The van der Waals surface area contributed by atoms with Crippen LogP contribution >= 0.6 is 11.8 Å². The Balaban J connectivity index is 3.19. The number of halogens is 6. The number of rotatable bonds is 4. The Morgan fingerprint density at radius 3 is 1.95 bits per heavy atom. The van der Waals surface area contributed by atoms with E-state index in [1.807, 2.05) is 0 Å². The third-order valence-electron chi connectivity index (χ3n) is 2.44. The highest BCUT2D eigenvalue weighted by Gasteiger charge is 2.59. The zero-order valence-electron chi connectivity index (χ0n) is 10.9. The molecule has 3 nitrogen and oxygen atoms in total. The zero-order chi connectivity index (χ0) is 17.2. The summed E-state index contributed by atoms with van der Waals surface area (Å²) in [6.07, 6.45) is -11.7. The van der Waals surface area contributed by atoms with Gasteiger partial charge in [0.1, 0.15) is 0 Å². The molecule has 1 rings (SSSR count). The van der Waals surface area contributed by atoms with E-state index in [1.54, 1.807) is 6.92 Å². The molecule has 1 atom stereocenters. The molecule has 0 aromatic heterocycles. The summed E-state index contributed by atoms with van der Waals surface area (Å²) in [4.78, 5) is 17.9. The van der Waals surface area contributed by atoms with E-state index in [0.29, 0.717) is 5.56 Å². The Labute approximate surface area is 125 Å². The molecule has 0 saturated carbocycles. The molecule has 1 aromatic carbocycles. The largest absolute Gasteiger partial charge is 0.471 e. The molecule has 0 aliphatic rings. The number of alkyl halides is 6. The second-order valence-corrected chi connectivity index (χ2v) is 5.54. The Morgan fingerprint density at radius 2 is 1.59 bits per heavy atom. The van der Waals surface area contributed by atoms with E-state index in [2.05, 4.69) is 0 Å². The summed E-state index contributed by atoms with van der Waals surface area (Å²) in [6.45, 7) is 1.65. The SMILES string of the molecule is Cc1ccc(S[C@@](C=O)(NC(=O)C(F)(F)F)C(F)(F)F)cc1. The minimum Gasteiger partial charge on any atom is -0.320 e. The van der Waals surface area contributed by atoms with Gasteiger partial charge in [0, 0.05) is 4.90 Å². The average Bonchev–Trinajstić information content (AvgIpc) is 2.37. The van der Waals surface area contributed by atoms with Gasteiger partial charge in [-0.3, -0.25) is 9.59 Å². The van der Waals surface area contributed by atoms with E-state index in [9.17, 15) is 35.9 Å². The fourth-order valence-electron chi connectivity index (χ4n) is 1.31. The van der Waals surface area contributed by atoms with Crippen LogP contribution in [-0.2, 0) is 9.59 Å². The molecule has 10 heteroatoms. The van der Waals surface area contributed by atoms with Crippen molar-refractivity contribution in [1.82, 2.24) is 5.32 Å². The van der Waals surface area contributed by atoms with Crippen molar-refractivity contribution in [2.75, 3.05) is 0 Å². The van der Waals surface area contributed by atoms with Crippen LogP contribution in [-0.4, -0.2) is 29.4 Å². The molecule has 0 radical (unpaired) electrons. The van der Waals surface area contributed by atoms with Crippen LogP contribution in [0.15, 0.2) is 29.2 Å². The van der Waals surface area contributed by atoms with Crippen molar-refractivity contribution in [2.45, 2.75) is 29.0 Å². The second kappa shape index (κ2) is 6.19. The predicted molar refractivity (Wildman–Crippen MR) is 66.1 cm³/mol. The number of carbonyl (C=O) groups is 2. The molecule has 1 aromatic rings. The van der Waals surface area contributed by atoms with E-state index >= 15 is 0 Å². The number of aldehydes is 1. The summed E-state index contributed by atoms with van der Waals surface area (Å²) in [7, 11) is 0.